The van der Waals surface area contributed by atoms with Gasteiger partial charge >= 0.3 is 5.97 Å². The summed E-state index contributed by atoms with van der Waals surface area (Å²) in [5.74, 6) is 0.454. The molecule has 0 spiro atoms. The number of hydrogen-bond acceptors (Lipinski definition) is 4. The maximum absolute atomic E-state index is 12.9. The first-order valence-corrected chi connectivity index (χ1v) is 8.92. The van der Waals surface area contributed by atoms with E-state index in [0.717, 1.165) is 18.5 Å². The molecular formula is C19H25N3O4. The fourth-order valence-corrected chi connectivity index (χ4v) is 3.74. The molecule has 0 radical (unpaired) electrons. The van der Waals surface area contributed by atoms with Crippen molar-refractivity contribution in [1.29, 1.82) is 0 Å². The summed E-state index contributed by atoms with van der Waals surface area (Å²) in [5, 5.41) is 16.6. The molecule has 0 atom stereocenters. The molecule has 140 valence electrons. The van der Waals surface area contributed by atoms with E-state index < -0.39 is 11.5 Å². The summed E-state index contributed by atoms with van der Waals surface area (Å²) in [6, 6.07) is 3.55. The molecule has 0 saturated heterocycles. The zero-order valence-electron chi connectivity index (χ0n) is 15.6. The van der Waals surface area contributed by atoms with Crippen molar-refractivity contribution in [2.24, 2.45) is 5.92 Å². The highest BCUT2D eigenvalue weighted by Crippen LogP contribution is 2.33. The Morgan fingerprint density at radius 3 is 2.46 bits per heavy atom. The van der Waals surface area contributed by atoms with Crippen molar-refractivity contribution < 1.29 is 19.2 Å². The molecule has 1 aliphatic carbocycles. The van der Waals surface area contributed by atoms with Gasteiger partial charge in [0, 0.05) is 17.5 Å². The maximum Gasteiger partial charge on any atom is 0.329 e. The van der Waals surface area contributed by atoms with Gasteiger partial charge in [0.05, 0.1) is 5.56 Å². The fourth-order valence-electron chi connectivity index (χ4n) is 3.74. The van der Waals surface area contributed by atoms with E-state index >= 15 is 0 Å². The fraction of sp³-hybridized carbons (Fsp3) is 0.526. The maximum atomic E-state index is 12.9. The van der Waals surface area contributed by atoms with Crippen LogP contribution in [0.5, 0.6) is 0 Å². The summed E-state index contributed by atoms with van der Waals surface area (Å²) in [6.07, 6.45) is 2.50. The van der Waals surface area contributed by atoms with Crippen LogP contribution in [0.4, 0.5) is 0 Å². The second-order valence-corrected chi connectivity index (χ2v) is 7.44. The summed E-state index contributed by atoms with van der Waals surface area (Å²) < 4.78 is 6.96. The number of aryl methyl sites for hydroxylation is 2. The molecule has 2 N–H and O–H groups in total. The zero-order valence-corrected chi connectivity index (χ0v) is 15.6. The molecule has 26 heavy (non-hydrogen) atoms. The lowest BCUT2D eigenvalue weighted by Crippen LogP contribution is -2.56. The lowest BCUT2D eigenvalue weighted by atomic mass is 9.77. The highest BCUT2D eigenvalue weighted by molar-refractivity contribution is 5.99. The molecule has 2 aromatic rings. The van der Waals surface area contributed by atoms with E-state index in [9.17, 15) is 14.7 Å². The van der Waals surface area contributed by atoms with Crippen molar-refractivity contribution in [3.05, 3.63) is 34.8 Å². The molecule has 1 aliphatic rings. The van der Waals surface area contributed by atoms with Gasteiger partial charge in [-0.05, 0) is 58.4 Å². The predicted molar refractivity (Wildman–Crippen MR) is 95.5 cm³/mol. The molecule has 0 aliphatic heterocycles. The van der Waals surface area contributed by atoms with Crippen LogP contribution in [-0.2, 0) is 4.79 Å². The third-order valence-electron chi connectivity index (χ3n) is 5.41. The lowest BCUT2D eigenvalue weighted by Gasteiger charge is -2.36. The first-order chi connectivity index (χ1) is 12.2. The Kier molecular flexibility index (Phi) is 4.64. The minimum Gasteiger partial charge on any atom is -0.480 e. The van der Waals surface area contributed by atoms with E-state index in [1.165, 1.54) is 0 Å². The second kappa shape index (κ2) is 6.63. The van der Waals surface area contributed by atoms with E-state index in [4.69, 9.17) is 4.52 Å². The van der Waals surface area contributed by atoms with Crippen LogP contribution in [-0.4, -0.2) is 32.2 Å². The molecule has 3 rings (SSSR count). The molecule has 7 heteroatoms. The van der Waals surface area contributed by atoms with Gasteiger partial charge < -0.3 is 14.9 Å². The summed E-state index contributed by atoms with van der Waals surface area (Å²) in [4.78, 5) is 24.8. The summed E-state index contributed by atoms with van der Waals surface area (Å²) in [6.45, 7) is 7.62. The largest absolute Gasteiger partial charge is 0.480 e. The van der Waals surface area contributed by atoms with Crippen LogP contribution in [0.2, 0.25) is 0 Å². The van der Waals surface area contributed by atoms with Gasteiger partial charge in [-0.25, -0.2) is 4.79 Å². The van der Waals surface area contributed by atoms with Gasteiger partial charge in [0.1, 0.15) is 11.3 Å². The molecule has 2 aromatic heterocycles. The van der Waals surface area contributed by atoms with E-state index in [2.05, 4.69) is 17.4 Å². The van der Waals surface area contributed by atoms with Crippen LogP contribution in [0, 0.1) is 26.7 Å². The van der Waals surface area contributed by atoms with E-state index in [-0.39, 0.29) is 5.91 Å². The lowest BCUT2D eigenvalue weighted by molar-refractivity contribution is -0.146. The van der Waals surface area contributed by atoms with Crippen molar-refractivity contribution >= 4 is 11.9 Å². The van der Waals surface area contributed by atoms with Crippen LogP contribution in [0.3, 0.4) is 0 Å². The topological polar surface area (TPSA) is 97.4 Å². The molecule has 1 amide bonds. The van der Waals surface area contributed by atoms with Gasteiger partial charge in [-0.1, -0.05) is 12.1 Å². The number of hydrogen-bond donors (Lipinski definition) is 2. The van der Waals surface area contributed by atoms with Gasteiger partial charge in [0.2, 0.25) is 0 Å². The molecule has 0 bridgehead atoms. The molecule has 2 heterocycles. The number of nitrogens with one attached hydrogen (secondary N) is 1. The Morgan fingerprint density at radius 1 is 1.27 bits per heavy atom. The smallest absolute Gasteiger partial charge is 0.329 e. The number of aliphatic carboxylic acids is 1. The standard InChI is InChI=1S/C19H25N3O4/c1-11-5-7-19(8-6-11,18(24)25)20-17(23)15-9-12(2)22(14(15)4)16-10-13(3)26-21-16/h9-11H,5-8H2,1-4H3,(H,20,23)(H,24,25). The van der Waals surface area contributed by atoms with Crippen molar-refractivity contribution in [3.8, 4) is 5.82 Å². The number of carbonyl (C=O) groups excluding carboxylic acids is 1. The quantitative estimate of drug-likeness (QED) is 0.874. The molecule has 0 unspecified atom stereocenters. The van der Waals surface area contributed by atoms with Crippen LogP contribution < -0.4 is 5.32 Å². The van der Waals surface area contributed by atoms with Crippen molar-refractivity contribution in [3.63, 3.8) is 0 Å². The van der Waals surface area contributed by atoms with E-state index in [0.29, 0.717) is 41.6 Å². The van der Waals surface area contributed by atoms with Crippen molar-refractivity contribution in [2.75, 3.05) is 0 Å². The number of aromatic nitrogens is 2. The first kappa shape index (κ1) is 18.2. The minimum atomic E-state index is -1.18. The highest BCUT2D eigenvalue weighted by Gasteiger charge is 2.43. The third kappa shape index (κ3) is 3.13. The van der Waals surface area contributed by atoms with Crippen LogP contribution in [0.15, 0.2) is 16.7 Å². The summed E-state index contributed by atoms with van der Waals surface area (Å²) in [5.41, 5.74) is 0.819. The first-order valence-electron chi connectivity index (χ1n) is 8.92. The number of nitrogens with zero attached hydrogens (tertiary/aromatic N) is 2. The summed E-state index contributed by atoms with van der Waals surface area (Å²) in [7, 11) is 0. The number of rotatable bonds is 4. The Balaban J connectivity index is 1.89. The molecule has 0 aromatic carbocycles. The molecule has 1 fully saturated rings. The minimum absolute atomic E-state index is 0.360. The second-order valence-electron chi connectivity index (χ2n) is 7.44. The highest BCUT2D eigenvalue weighted by atomic mass is 16.5. The third-order valence-corrected chi connectivity index (χ3v) is 5.41. The molecular weight excluding hydrogens is 334 g/mol. The van der Waals surface area contributed by atoms with Crippen LogP contribution in [0.25, 0.3) is 5.82 Å². The normalized spacial score (nSPS) is 23.0. The van der Waals surface area contributed by atoms with Crippen molar-refractivity contribution in [2.45, 2.75) is 58.9 Å². The van der Waals surface area contributed by atoms with E-state index in [1.54, 1.807) is 19.1 Å². The number of carboxylic acid groups (broad SMARTS) is 1. The monoisotopic (exact) mass is 359 g/mol. The summed E-state index contributed by atoms with van der Waals surface area (Å²) >= 11 is 0. The van der Waals surface area contributed by atoms with Gasteiger partial charge in [0.25, 0.3) is 5.91 Å². The van der Waals surface area contributed by atoms with Crippen LogP contribution >= 0.6 is 0 Å². The molecule has 1 saturated carbocycles. The predicted octanol–water partition coefficient (Wildman–Crippen LogP) is 3.15. The number of carbonyl (C=O) groups is 2. The Hall–Kier alpha value is -2.57. The van der Waals surface area contributed by atoms with Crippen molar-refractivity contribution in [1.82, 2.24) is 15.0 Å². The molecule has 7 nitrogen and oxygen atoms in total. The Labute approximate surface area is 152 Å². The average molecular weight is 359 g/mol. The van der Waals surface area contributed by atoms with Crippen LogP contribution in [0.1, 0.15) is 60.1 Å². The number of amides is 1. The average Bonchev–Trinajstić information content (AvgIpc) is 3.12. The zero-order chi connectivity index (χ0) is 19.1. The van der Waals surface area contributed by atoms with Gasteiger partial charge in [-0.15, -0.1) is 0 Å². The Bertz CT molecular complexity index is 841. The van der Waals surface area contributed by atoms with Gasteiger partial charge in [-0.3, -0.25) is 9.36 Å². The van der Waals surface area contributed by atoms with E-state index in [1.807, 2.05) is 18.4 Å². The van der Waals surface area contributed by atoms with Gasteiger partial charge in [-0.2, -0.15) is 0 Å². The SMILES string of the molecule is Cc1cc(-n2c(C)cc(C(=O)NC3(C(=O)O)CCC(C)CC3)c2C)no1. The number of carboxylic acids is 1. The van der Waals surface area contributed by atoms with Gasteiger partial charge in [0.15, 0.2) is 5.82 Å². The Morgan fingerprint density at radius 2 is 1.92 bits per heavy atom.